The van der Waals surface area contributed by atoms with Crippen molar-refractivity contribution in [1.29, 1.82) is 0 Å². The van der Waals surface area contributed by atoms with Crippen molar-refractivity contribution in [2.45, 2.75) is 0 Å². The summed E-state index contributed by atoms with van der Waals surface area (Å²) in [6.45, 7) is 0. The van der Waals surface area contributed by atoms with Crippen LogP contribution in [0.3, 0.4) is 0 Å². The molecule has 0 saturated heterocycles. The highest BCUT2D eigenvalue weighted by Gasteiger charge is 2.00. The Labute approximate surface area is 62.1 Å². The first kappa shape index (κ1) is 5.68. The third-order valence-electron chi connectivity index (χ3n) is 1.12. The van der Waals surface area contributed by atoms with Crippen LogP contribution in [0, 0.1) is 6.20 Å². The van der Waals surface area contributed by atoms with E-state index in [1.807, 2.05) is 12.1 Å². The summed E-state index contributed by atoms with van der Waals surface area (Å²) in [7, 11) is 0. The summed E-state index contributed by atoms with van der Waals surface area (Å²) in [5.41, 5.74) is 0. The Balaban J connectivity index is 2.48. The second-order valence-corrected chi connectivity index (χ2v) is 2.62. The Bertz CT molecular complexity index is 253. The molecule has 0 spiro atoms. The summed E-state index contributed by atoms with van der Waals surface area (Å²) in [5, 5.41) is 2.68. The summed E-state index contributed by atoms with van der Waals surface area (Å²) in [6, 6.07) is 3.73. The maximum absolute atomic E-state index is 5.11. The van der Waals surface area contributed by atoms with E-state index >= 15 is 0 Å². The van der Waals surface area contributed by atoms with Crippen molar-refractivity contribution in [2.75, 3.05) is 0 Å². The Kier molecular flexibility index (Phi) is 1.29. The predicted molar refractivity (Wildman–Crippen MR) is 38.7 cm³/mol. The van der Waals surface area contributed by atoms with E-state index in [4.69, 9.17) is 4.42 Å². The fourth-order valence-corrected chi connectivity index (χ4v) is 1.26. The number of hydrogen-bond acceptors (Lipinski definition) is 3. The van der Waals surface area contributed by atoms with E-state index in [1.54, 1.807) is 11.6 Å². The molecule has 0 bridgehead atoms. The van der Waals surface area contributed by atoms with Gasteiger partial charge in [0.05, 0.1) is 6.26 Å². The Morgan fingerprint density at radius 2 is 2.60 bits per heavy atom. The van der Waals surface area contributed by atoms with E-state index in [9.17, 15) is 0 Å². The van der Waals surface area contributed by atoms with Crippen LogP contribution in [-0.4, -0.2) is 4.98 Å². The topological polar surface area (TPSA) is 26.0 Å². The molecule has 0 amide bonds. The molecular weight excluding hydrogens is 146 g/mol. The van der Waals surface area contributed by atoms with Gasteiger partial charge in [-0.3, -0.25) is 0 Å². The van der Waals surface area contributed by atoms with Crippen molar-refractivity contribution in [3.63, 3.8) is 0 Å². The first-order valence-corrected chi connectivity index (χ1v) is 3.70. The highest BCUT2D eigenvalue weighted by Crippen LogP contribution is 2.20. The van der Waals surface area contributed by atoms with Gasteiger partial charge in [0.2, 0.25) is 0 Å². The van der Waals surface area contributed by atoms with E-state index in [1.165, 1.54) is 11.3 Å². The molecule has 2 aromatic rings. The molecule has 0 aromatic carbocycles. The van der Waals surface area contributed by atoms with Gasteiger partial charge in [0, 0.05) is 5.38 Å². The number of nitrogens with zero attached hydrogens (tertiary/aromatic N) is 1. The second-order valence-electron chi connectivity index (χ2n) is 1.76. The standard InChI is InChI=1S/C7H4NOS/c1-2-6(9-4-1)7-8-3-5-10-7/h1-2,4-5H. The van der Waals surface area contributed by atoms with Crippen LogP contribution in [0.4, 0.5) is 0 Å². The van der Waals surface area contributed by atoms with Crippen LogP contribution < -0.4 is 0 Å². The van der Waals surface area contributed by atoms with E-state index in [0.717, 1.165) is 10.8 Å². The van der Waals surface area contributed by atoms with Gasteiger partial charge in [-0.05, 0) is 12.1 Å². The van der Waals surface area contributed by atoms with Gasteiger partial charge in [-0.15, -0.1) is 11.3 Å². The van der Waals surface area contributed by atoms with Crippen LogP contribution in [0.15, 0.2) is 28.2 Å². The molecule has 0 fully saturated rings. The molecule has 2 heterocycles. The van der Waals surface area contributed by atoms with Gasteiger partial charge in [-0.2, -0.15) is 0 Å². The lowest BCUT2D eigenvalue weighted by Gasteiger charge is -1.83. The molecule has 0 aliphatic carbocycles. The third-order valence-corrected chi connectivity index (χ3v) is 1.86. The monoisotopic (exact) mass is 150 g/mol. The van der Waals surface area contributed by atoms with Crippen molar-refractivity contribution < 1.29 is 4.42 Å². The minimum Gasteiger partial charge on any atom is -0.462 e. The zero-order valence-electron chi connectivity index (χ0n) is 5.07. The van der Waals surface area contributed by atoms with E-state index in [-0.39, 0.29) is 0 Å². The average Bonchev–Trinajstić information content (AvgIpc) is 2.59. The Hall–Kier alpha value is -1.09. The molecule has 0 unspecified atom stereocenters. The normalized spacial score (nSPS) is 10.0. The molecule has 0 aliphatic rings. The molecule has 10 heavy (non-hydrogen) atoms. The average molecular weight is 150 g/mol. The van der Waals surface area contributed by atoms with Gasteiger partial charge in [0.25, 0.3) is 0 Å². The molecule has 0 N–H and O–H groups in total. The maximum atomic E-state index is 5.11. The quantitative estimate of drug-likeness (QED) is 0.622. The second kappa shape index (κ2) is 2.27. The fourth-order valence-electron chi connectivity index (χ4n) is 0.707. The zero-order chi connectivity index (χ0) is 6.81. The van der Waals surface area contributed by atoms with Gasteiger partial charge in [0.1, 0.15) is 6.20 Å². The van der Waals surface area contributed by atoms with E-state index in [2.05, 4.69) is 11.2 Å². The number of rotatable bonds is 1. The van der Waals surface area contributed by atoms with E-state index in [0.29, 0.717) is 0 Å². The fraction of sp³-hybridized carbons (Fsp3) is 0. The Morgan fingerprint density at radius 3 is 3.20 bits per heavy atom. The van der Waals surface area contributed by atoms with E-state index < -0.39 is 0 Å². The van der Waals surface area contributed by atoms with Gasteiger partial charge in [-0.25, -0.2) is 4.98 Å². The summed E-state index contributed by atoms with van der Waals surface area (Å²) in [5.74, 6) is 0.811. The molecule has 0 atom stereocenters. The minimum atomic E-state index is 0.811. The van der Waals surface area contributed by atoms with Crippen molar-refractivity contribution in [2.24, 2.45) is 0 Å². The number of hydrogen-bond donors (Lipinski definition) is 0. The SMILES string of the molecule is [c]1csc(-c2ccco2)n1. The lowest BCUT2D eigenvalue weighted by Crippen LogP contribution is -1.66. The summed E-state index contributed by atoms with van der Waals surface area (Å²) < 4.78 is 5.11. The highest BCUT2D eigenvalue weighted by atomic mass is 32.1. The molecule has 49 valence electrons. The van der Waals surface area contributed by atoms with Gasteiger partial charge in [-0.1, -0.05) is 0 Å². The van der Waals surface area contributed by atoms with Crippen LogP contribution in [0.25, 0.3) is 10.8 Å². The molecular formula is C7H4NOS. The third kappa shape index (κ3) is 0.844. The van der Waals surface area contributed by atoms with Crippen molar-refractivity contribution >= 4 is 11.3 Å². The predicted octanol–water partition coefficient (Wildman–Crippen LogP) is 2.20. The molecule has 2 aromatic heterocycles. The number of aromatic nitrogens is 1. The number of furan rings is 1. The zero-order valence-corrected chi connectivity index (χ0v) is 5.89. The van der Waals surface area contributed by atoms with Crippen LogP contribution in [0.1, 0.15) is 0 Å². The summed E-state index contributed by atoms with van der Waals surface area (Å²) in [6.07, 6.45) is 4.36. The van der Waals surface area contributed by atoms with Crippen LogP contribution in [-0.2, 0) is 0 Å². The van der Waals surface area contributed by atoms with Gasteiger partial charge in [0.15, 0.2) is 10.8 Å². The molecule has 0 saturated carbocycles. The van der Waals surface area contributed by atoms with Crippen molar-refractivity contribution in [3.8, 4) is 10.8 Å². The molecule has 2 rings (SSSR count). The molecule has 0 aliphatic heterocycles. The highest BCUT2D eigenvalue weighted by molar-refractivity contribution is 7.12. The Morgan fingerprint density at radius 1 is 1.60 bits per heavy atom. The van der Waals surface area contributed by atoms with Crippen molar-refractivity contribution in [1.82, 2.24) is 4.98 Å². The summed E-state index contributed by atoms with van der Waals surface area (Å²) in [4.78, 5) is 3.96. The van der Waals surface area contributed by atoms with Crippen LogP contribution in [0.5, 0.6) is 0 Å². The van der Waals surface area contributed by atoms with Gasteiger partial charge < -0.3 is 4.42 Å². The lowest BCUT2D eigenvalue weighted by molar-refractivity contribution is 0.582. The molecule has 2 nitrogen and oxygen atoms in total. The van der Waals surface area contributed by atoms with Gasteiger partial charge >= 0.3 is 0 Å². The van der Waals surface area contributed by atoms with Crippen LogP contribution in [0.2, 0.25) is 0 Å². The van der Waals surface area contributed by atoms with Crippen LogP contribution >= 0.6 is 11.3 Å². The molecule has 1 radical (unpaired) electrons. The largest absolute Gasteiger partial charge is 0.462 e. The van der Waals surface area contributed by atoms with Crippen molar-refractivity contribution in [3.05, 3.63) is 30.0 Å². The number of thiazole rings is 1. The summed E-state index contributed by atoms with van der Waals surface area (Å²) >= 11 is 1.52. The molecule has 3 heteroatoms. The maximum Gasteiger partial charge on any atom is 0.162 e. The smallest absolute Gasteiger partial charge is 0.162 e. The lowest BCUT2D eigenvalue weighted by atomic mass is 10.5. The minimum absolute atomic E-state index is 0.811. The first-order chi connectivity index (χ1) is 4.97. The first-order valence-electron chi connectivity index (χ1n) is 2.82.